The molecule has 0 bridgehead atoms. The molecule has 190 valence electrons. The Hall–Kier alpha value is -2.53. The van der Waals surface area contributed by atoms with Gasteiger partial charge in [-0.3, -0.25) is 9.78 Å². The predicted molar refractivity (Wildman–Crippen MR) is 145 cm³/mol. The lowest BCUT2D eigenvalue weighted by Gasteiger charge is -2.21. The Morgan fingerprint density at radius 3 is 2.53 bits per heavy atom. The average molecular weight is 504 g/mol. The molecule has 3 aromatic rings. The van der Waals surface area contributed by atoms with Gasteiger partial charge in [0.15, 0.2) is 9.84 Å². The molecule has 1 unspecified atom stereocenters. The molecule has 1 heterocycles. The molecule has 0 N–H and O–H groups in total. The molecule has 2 saturated carbocycles. The highest BCUT2D eigenvalue weighted by atomic mass is 32.2. The number of benzene rings is 2. The molecule has 2 aliphatic carbocycles. The summed E-state index contributed by atoms with van der Waals surface area (Å²) >= 11 is 0. The van der Waals surface area contributed by atoms with Gasteiger partial charge in [0.25, 0.3) is 0 Å². The highest BCUT2D eigenvalue weighted by Gasteiger charge is 2.43. The summed E-state index contributed by atoms with van der Waals surface area (Å²) in [7, 11) is -3.25. The summed E-state index contributed by atoms with van der Waals surface area (Å²) in [5.74, 6) is 1.31. The van der Waals surface area contributed by atoms with Gasteiger partial charge < -0.3 is 0 Å². The third-order valence-electron chi connectivity index (χ3n) is 8.20. The lowest BCUT2D eigenvalue weighted by Crippen LogP contribution is -2.14. The van der Waals surface area contributed by atoms with E-state index in [1.165, 1.54) is 43.1 Å². The minimum Gasteiger partial charge on any atom is -0.299 e. The van der Waals surface area contributed by atoms with Gasteiger partial charge in [-0.15, -0.1) is 0 Å². The van der Waals surface area contributed by atoms with Crippen molar-refractivity contribution in [2.24, 2.45) is 11.8 Å². The first-order valence-corrected chi connectivity index (χ1v) is 15.3. The molecule has 0 aliphatic heterocycles. The fraction of sp³-hybridized carbons (Fsp3) is 0.484. The Morgan fingerprint density at radius 1 is 1.00 bits per heavy atom. The van der Waals surface area contributed by atoms with Gasteiger partial charge in [0, 0.05) is 30.1 Å². The van der Waals surface area contributed by atoms with Gasteiger partial charge >= 0.3 is 0 Å². The largest absolute Gasteiger partial charge is 0.299 e. The van der Waals surface area contributed by atoms with Crippen LogP contribution in [0.25, 0.3) is 10.8 Å². The summed E-state index contributed by atoms with van der Waals surface area (Å²) in [6.07, 6.45) is 14.0. The minimum absolute atomic E-state index is 0.0296. The SMILES string of the molecule is CCCc1cncc2ccc(CC(=O)[C@@H]3CC3c3ccc(S(=O)(=O)CCC4CCCCC4)cc3)cc12. The van der Waals surface area contributed by atoms with E-state index in [2.05, 4.69) is 24.0 Å². The highest BCUT2D eigenvalue weighted by Crippen LogP contribution is 2.48. The standard InChI is InChI=1S/C31H37NO3S/c1-2-6-25-20-32-21-26-10-9-23(17-28(25)26)18-31(33)30-19-29(30)24-11-13-27(14-12-24)36(34,35)16-15-22-7-4-3-5-8-22/h9-14,17,20-22,29-30H,2-8,15-16,18-19H2,1H3/t29?,30-/m1/s1. The van der Waals surface area contributed by atoms with Crippen molar-refractivity contribution in [1.29, 1.82) is 0 Å². The maximum absolute atomic E-state index is 13.1. The molecule has 4 nitrogen and oxygen atoms in total. The number of aromatic nitrogens is 1. The van der Waals surface area contributed by atoms with Gasteiger partial charge in [-0.1, -0.05) is 75.8 Å². The third kappa shape index (κ3) is 5.72. The normalized spacial score (nSPS) is 20.5. The van der Waals surface area contributed by atoms with Crippen LogP contribution in [0.15, 0.2) is 59.8 Å². The summed E-state index contributed by atoms with van der Waals surface area (Å²) in [5.41, 5.74) is 3.37. The molecular formula is C31H37NO3S. The van der Waals surface area contributed by atoms with Crippen LogP contribution in [0.4, 0.5) is 0 Å². The maximum atomic E-state index is 13.1. The van der Waals surface area contributed by atoms with Crippen LogP contribution in [0.3, 0.4) is 0 Å². The quantitative estimate of drug-likeness (QED) is 0.304. The maximum Gasteiger partial charge on any atom is 0.178 e. The van der Waals surface area contributed by atoms with Crippen LogP contribution in [0.2, 0.25) is 0 Å². The number of aryl methyl sites for hydroxylation is 1. The van der Waals surface area contributed by atoms with Crippen LogP contribution >= 0.6 is 0 Å². The molecule has 2 aliphatic rings. The first kappa shape index (κ1) is 25.1. The molecular weight excluding hydrogens is 466 g/mol. The Bertz CT molecular complexity index is 1320. The first-order valence-electron chi connectivity index (χ1n) is 13.7. The number of sulfone groups is 1. The zero-order valence-electron chi connectivity index (χ0n) is 21.3. The number of fused-ring (bicyclic) bond motifs is 1. The van der Waals surface area contributed by atoms with Crippen LogP contribution in [-0.2, 0) is 27.5 Å². The molecule has 5 rings (SSSR count). The van der Waals surface area contributed by atoms with Crippen LogP contribution in [0.5, 0.6) is 0 Å². The Labute approximate surface area is 215 Å². The zero-order chi connectivity index (χ0) is 25.1. The van der Waals surface area contributed by atoms with Crippen LogP contribution in [-0.4, -0.2) is 24.9 Å². The van der Waals surface area contributed by atoms with Crippen molar-refractivity contribution in [2.75, 3.05) is 5.75 Å². The molecule has 0 saturated heterocycles. The number of hydrogen-bond donors (Lipinski definition) is 0. The number of carbonyl (C=O) groups excluding carboxylic acids is 1. The second kappa shape index (κ2) is 10.8. The summed E-state index contributed by atoms with van der Waals surface area (Å²) in [6, 6.07) is 13.6. The Balaban J connectivity index is 1.19. The van der Waals surface area contributed by atoms with Crippen molar-refractivity contribution in [3.05, 3.63) is 71.5 Å². The first-order chi connectivity index (χ1) is 17.4. The van der Waals surface area contributed by atoms with Gasteiger partial charge in [-0.25, -0.2) is 8.42 Å². The summed E-state index contributed by atoms with van der Waals surface area (Å²) in [6.45, 7) is 2.17. The number of carbonyl (C=O) groups is 1. The van der Waals surface area contributed by atoms with Crippen molar-refractivity contribution in [3.63, 3.8) is 0 Å². The molecule has 2 fully saturated rings. The van der Waals surface area contributed by atoms with E-state index in [4.69, 9.17) is 0 Å². The molecule has 0 radical (unpaired) electrons. The van der Waals surface area contributed by atoms with Gasteiger partial charge in [0.1, 0.15) is 5.78 Å². The van der Waals surface area contributed by atoms with Crippen molar-refractivity contribution in [2.45, 2.75) is 81.9 Å². The monoisotopic (exact) mass is 503 g/mol. The minimum atomic E-state index is -3.25. The van der Waals surface area contributed by atoms with E-state index in [0.29, 0.717) is 17.2 Å². The van der Waals surface area contributed by atoms with E-state index < -0.39 is 9.84 Å². The highest BCUT2D eigenvalue weighted by molar-refractivity contribution is 7.91. The lowest BCUT2D eigenvalue weighted by atomic mass is 9.88. The second-order valence-corrected chi connectivity index (χ2v) is 13.0. The third-order valence-corrected chi connectivity index (χ3v) is 9.96. The van der Waals surface area contributed by atoms with E-state index in [1.807, 2.05) is 30.6 Å². The second-order valence-electron chi connectivity index (χ2n) is 10.9. The lowest BCUT2D eigenvalue weighted by molar-refractivity contribution is -0.119. The van der Waals surface area contributed by atoms with Crippen LogP contribution in [0.1, 0.15) is 80.9 Å². The number of ketones is 1. The van der Waals surface area contributed by atoms with Crippen LogP contribution < -0.4 is 0 Å². The molecule has 0 amide bonds. The van der Waals surface area contributed by atoms with Gasteiger partial charge in [-0.2, -0.15) is 0 Å². The smallest absolute Gasteiger partial charge is 0.178 e. The van der Waals surface area contributed by atoms with E-state index >= 15 is 0 Å². The molecule has 36 heavy (non-hydrogen) atoms. The number of rotatable bonds is 10. The number of hydrogen-bond acceptors (Lipinski definition) is 4. The van der Waals surface area contributed by atoms with Crippen molar-refractivity contribution in [3.8, 4) is 0 Å². The molecule has 2 atom stereocenters. The zero-order valence-corrected chi connectivity index (χ0v) is 22.1. The van der Waals surface area contributed by atoms with Gasteiger partial charge in [0.2, 0.25) is 0 Å². The topological polar surface area (TPSA) is 64.1 Å². The van der Waals surface area contributed by atoms with E-state index in [9.17, 15) is 13.2 Å². The number of Topliss-reactive ketones (excluding diaryl/α,β-unsaturated/α-hetero) is 1. The number of pyridine rings is 1. The van der Waals surface area contributed by atoms with E-state index in [-0.39, 0.29) is 23.4 Å². The van der Waals surface area contributed by atoms with Gasteiger partial charge in [0.05, 0.1) is 10.6 Å². The average Bonchev–Trinajstić information content (AvgIpc) is 3.70. The summed E-state index contributed by atoms with van der Waals surface area (Å²) < 4.78 is 25.7. The van der Waals surface area contributed by atoms with Crippen molar-refractivity contribution < 1.29 is 13.2 Å². The Morgan fingerprint density at radius 2 is 1.78 bits per heavy atom. The van der Waals surface area contributed by atoms with E-state index in [0.717, 1.165) is 42.2 Å². The van der Waals surface area contributed by atoms with Crippen LogP contribution in [0, 0.1) is 11.8 Å². The predicted octanol–water partition coefficient (Wildman–Crippen LogP) is 6.85. The van der Waals surface area contributed by atoms with Gasteiger partial charge in [-0.05, 0) is 65.3 Å². The number of nitrogens with zero attached hydrogens (tertiary/aromatic N) is 1. The van der Waals surface area contributed by atoms with Crippen molar-refractivity contribution >= 4 is 26.4 Å². The van der Waals surface area contributed by atoms with E-state index in [1.54, 1.807) is 12.1 Å². The van der Waals surface area contributed by atoms with Crippen molar-refractivity contribution in [1.82, 2.24) is 4.98 Å². The Kier molecular flexibility index (Phi) is 7.57. The molecule has 1 aromatic heterocycles. The summed E-state index contributed by atoms with van der Waals surface area (Å²) in [4.78, 5) is 17.8. The fourth-order valence-corrected chi connectivity index (χ4v) is 7.37. The summed E-state index contributed by atoms with van der Waals surface area (Å²) in [5, 5.41) is 2.32. The fourth-order valence-electron chi connectivity index (χ4n) is 5.94. The molecule has 5 heteroatoms. The molecule has 0 spiro atoms. The molecule has 2 aromatic carbocycles.